The lowest BCUT2D eigenvalue weighted by atomic mass is 10.0. The molecule has 50 heavy (non-hydrogen) atoms. The zero-order valence-electron chi connectivity index (χ0n) is 29.3. The fourth-order valence-corrected chi connectivity index (χ4v) is 7.38. The molecular formula is C35H47F3N4O7S. The van der Waals surface area contributed by atoms with Crippen LogP contribution in [0.4, 0.5) is 18.9 Å². The van der Waals surface area contributed by atoms with Gasteiger partial charge in [0, 0.05) is 37.8 Å². The molecule has 0 radical (unpaired) electrons. The highest BCUT2D eigenvalue weighted by Gasteiger charge is 2.32. The Kier molecular flexibility index (Phi) is 13.0. The van der Waals surface area contributed by atoms with Crippen molar-refractivity contribution in [3.63, 3.8) is 0 Å². The van der Waals surface area contributed by atoms with Gasteiger partial charge in [0.1, 0.15) is 11.4 Å². The zero-order valence-corrected chi connectivity index (χ0v) is 30.1. The number of anilines is 1. The number of nitrogens with one attached hydrogen (secondary N) is 1. The first-order chi connectivity index (χ1) is 23.5. The van der Waals surface area contributed by atoms with Crippen LogP contribution in [-0.4, -0.2) is 86.0 Å². The Morgan fingerprint density at radius 1 is 1.12 bits per heavy atom. The molecular weight excluding hydrogens is 677 g/mol. The Balaban J connectivity index is 1.62. The number of halogens is 3. The maximum Gasteiger partial charge on any atom is 0.416 e. The number of ether oxygens (including phenoxy) is 2. The van der Waals surface area contributed by atoms with Gasteiger partial charge in [-0.15, -0.1) is 0 Å². The standard InChI is InChI=1S/C35H47F3N4O7S/c1-22-18-42(23(2)21-43)34(44)30-17-29(40-50(45,46)33-25(4)39-49-26(33)5)14-15-31(30)48-24(3)9-7-8-16-47-32(22)20-41(6)19-27-10-12-28(13-11-27)35(36,37)38/h10-15,17,22-24,32,40,43H,7-9,16,18-21H2,1-6H3/t22-,23+,24-,32-/m1/s1. The quantitative estimate of drug-likeness (QED) is 0.271. The van der Waals surface area contributed by atoms with Crippen LogP contribution in [0.5, 0.6) is 5.75 Å². The molecule has 0 bridgehead atoms. The lowest BCUT2D eigenvalue weighted by Gasteiger charge is -2.36. The highest BCUT2D eigenvalue weighted by Crippen LogP contribution is 2.31. The van der Waals surface area contributed by atoms with Crippen LogP contribution in [0.3, 0.4) is 0 Å². The molecule has 1 aromatic heterocycles. The van der Waals surface area contributed by atoms with Crippen LogP contribution < -0.4 is 9.46 Å². The second-order valence-corrected chi connectivity index (χ2v) is 14.8. The van der Waals surface area contributed by atoms with Crippen LogP contribution in [-0.2, 0) is 27.5 Å². The highest BCUT2D eigenvalue weighted by atomic mass is 32.2. The number of aliphatic hydroxyl groups excluding tert-OH is 1. The van der Waals surface area contributed by atoms with E-state index in [2.05, 4.69) is 9.88 Å². The van der Waals surface area contributed by atoms with Crippen LogP contribution in [0.15, 0.2) is 51.9 Å². The van der Waals surface area contributed by atoms with Crippen molar-refractivity contribution >= 4 is 21.6 Å². The number of carbonyl (C=O) groups excluding carboxylic acids is 1. The third-order valence-corrected chi connectivity index (χ3v) is 10.4. The number of fused-ring (bicyclic) bond motifs is 1. The van der Waals surface area contributed by atoms with E-state index in [0.29, 0.717) is 31.7 Å². The number of amides is 1. The summed E-state index contributed by atoms with van der Waals surface area (Å²) in [6.07, 6.45) is -2.84. The van der Waals surface area contributed by atoms with E-state index in [4.69, 9.17) is 14.0 Å². The fourth-order valence-electron chi connectivity index (χ4n) is 6.00. The van der Waals surface area contributed by atoms with Gasteiger partial charge in [0.2, 0.25) is 0 Å². The first kappa shape index (κ1) is 39.1. The van der Waals surface area contributed by atoms with Crippen LogP contribution in [0.25, 0.3) is 0 Å². The van der Waals surface area contributed by atoms with Gasteiger partial charge in [0.15, 0.2) is 10.7 Å². The molecule has 2 heterocycles. The number of likely N-dealkylation sites (N-methyl/N-ethyl adjacent to an activating group) is 1. The topological polar surface area (TPSA) is 134 Å². The molecule has 4 atom stereocenters. The van der Waals surface area contributed by atoms with Crippen molar-refractivity contribution in [3.05, 3.63) is 70.6 Å². The van der Waals surface area contributed by atoms with Crippen molar-refractivity contribution in [1.82, 2.24) is 15.0 Å². The molecule has 0 aliphatic carbocycles. The number of hydrogen-bond acceptors (Lipinski definition) is 9. The molecule has 2 N–H and O–H groups in total. The minimum Gasteiger partial charge on any atom is -0.490 e. The number of aromatic nitrogens is 1. The largest absolute Gasteiger partial charge is 0.490 e. The third-order valence-electron chi connectivity index (χ3n) is 8.77. The summed E-state index contributed by atoms with van der Waals surface area (Å²) in [5, 5.41) is 14.0. The van der Waals surface area contributed by atoms with Crippen molar-refractivity contribution in [2.75, 3.05) is 38.1 Å². The number of benzene rings is 2. The van der Waals surface area contributed by atoms with E-state index in [9.17, 15) is 31.5 Å². The monoisotopic (exact) mass is 724 g/mol. The van der Waals surface area contributed by atoms with E-state index in [-0.39, 0.29) is 64.6 Å². The van der Waals surface area contributed by atoms with Gasteiger partial charge in [-0.2, -0.15) is 13.2 Å². The van der Waals surface area contributed by atoms with E-state index < -0.39 is 33.7 Å². The van der Waals surface area contributed by atoms with Gasteiger partial charge in [-0.25, -0.2) is 8.42 Å². The summed E-state index contributed by atoms with van der Waals surface area (Å²) in [5.41, 5.74) is 0.453. The van der Waals surface area contributed by atoms with Crippen molar-refractivity contribution in [2.24, 2.45) is 5.92 Å². The normalized spacial score (nSPS) is 20.6. The Bertz CT molecular complexity index is 1680. The first-order valence-electron chi connectivity index (χ1n) is 16.6. The summed E-state index contributed by atoms with van der Waals surface area (Å²) in [6, 6.07) is 8.97. The summed E-state index contributed by atoms with van der Waals surface area (Å²) in [5.74, 6) is -0.296. The number of sulfonamides is 1. The molecule has 0 unspecified atom stereocenters. The second kappa shape index (κ2) is 16.6. The summed E-state index contributed by atoms with van der Waals surface area (Å²) in [4.78, 5) is 17.8. The van der Waals surface area contributed by atoms with E-state index in [1.165, 1.54) is 43.0 Å². The fraction of sp³-hybridized carbons (Fsp3) is 0.543. The number of hydrogen-bond donors (Lipinski definition) is 2. The smallest absolute Gasteiger partial charge is 0.416 e. The van der Waals surface area contributed by atoms with Crippen LogP contribution in [0, 0.1) is 19.8 Å². The summed E-state index contributed by atoms with van der Waals surface area (Å²) < 4.78 is 86.0. The highest BCUT2D eigenvalue weighted by molar-refractivity contribution is 7.92. The van der Waals surface area contributed by atoms with Crippen molar-refractivity contribution in [3.8, 4) is 5.75 Å². The lowest BCUT2D eigenvalue weighted by Crippen LogP contribution is -2.47. The Labute approximate surface area is 291 Å². The lowest BCUT2D eigenvalue weighted by molar-refractivity contribution is -0.137. The average Bonchev–Trinajstić information content (AvgIpc) is 3.40. The number of alkyl halides is 3. The summed E-state index contributed by atoms with van der Waals surface area (Å²) in [6.45, 7) is 9.70. The van der Waals surface area contributed by atoms with E-state index in [1.54, 1.807) is 13.0 Å². The molecule has 2 aromatic carbocycles. The van der Waals surface area contributed by atoms with Gasteiger partial charge >= 0.3 is 6.18 Å². The predicted molar refractivity (Wildman–Crippen MR) is 181 cm³/mol. The number of aryl methyl sites for hydroxylation is 2. The summed E-state index contributed by atoms with van der Waals surface area (Å²) in [7, 11) is -2.25. The molecule has 3 aromatic rings. The van der Waals surface area contributed by atoms with Crippen molar-refractivity contribution < 1.29 is 45.5 Å². The van der Waals surface area contributed by atoms with Gasteiger partial charge in [-0.3, -0.25) is 14.4 Å². The van der Waals surface area contributed by atoms with E-state index in [0.717, 1.165) is 25.0 Å². The molecule has 276 valence electrons. The molecule has 0 fully saturated rings. The van der Waals surface area contributed by atoms with Gasteiger partial charge in [-0.05, 0) is 89.9 Å². The molecule has 1 aliphatic rings. The van der Waals surface area contributed by atoms with E-state index in [1.807, 2.05) is 25.8 Å². The number of aliphatic hydroxyl groups is 1. The molecule has 11 nitrogen and oxygen atoms in total. The molecule has 0 saturated carbocycles. The molecule has 15 heteroatoms. The van der Waals surface area contributed by atoms with Gasteiger partial charge in [-0.1, -0.05) is 24.2 Å². The molecule has 0 spiro atoms. The molecule has 4 rings (SSSR count). The number of nitrogens with zero attached hydrogens (tertiary/aromatic N) is 3. The molecule has 1 amide bonds. The van der Waals surface area contributed by atoms with Gasteiger partial charge < -0.3 is 24.0 Å². The number of carbonyl (C=O) groups is 1. The van der Waals surface area contributed by atoms with Crippen LogP contribution >= 0.6 is 0 Å². The van der Waals surface area contributed by atoms with Crippen LogP contribution in [0.2, 0.25) is 0 Å². The van der Waals surface area contributed by atoms with Crippen LogP contribution in [0.1, 0.15) is 73.0 Å². The SMILES string of the molecule is Cc1noc(C)c1S(=O)(=O)Nc1ccc2c(c1)C(=O)N([C@@H](C)CO)C[C@@H](C)[C@@H](CN(C)Cc1ccc(C(F)(F)F)cc1)OCCCC[C@@H](C)O2. The average molecular weight is 725 g/mol. The minimum absolute atomic E-state index is 0.0903. The predicted octanol–water partition coefficient (Wildman–Crippen LogP) is 6.04. The van der Waals surface area contributed by atoms with Crippen molar-refractivity contribution in [1.29, 1.82) is 0 Å². The maximum atomic E-state index is 14.4. The second-order valence-electron chi connectivity index (χ2n) is 13.2. The summed E-state index contributed by atoms with van der Waals surface area (Å²) >= 11 is 0. The Hall–Kier alpha value is -3.66. The van der Waals surface area contributed by atoms with Gasteiger partial charge in [0.05, 0.1) is 36.0 Å². The molecule has 0 saturated heterocycles. The third kappa shape index (κ3) is 9.98. The minimum atomic E-state index is -4.41. The Morgan fingerprint density at radius 3 is 2.44 bits per heavy atom. The first-order valence-corrected chi connectivity index (χ1v) is 18.1. The van der Waals surface area contributed by atoms with Gasteiger partial charge in [0.25, 0.3) is 15.9 Å². The maximum absolute atomic E-state index is 14.4. The Morgan fingerprint density at radius 2 is 1.82 bits per heavy atom. The zero-order chi connectivity index (χ0) is 36.8. The van der Waals surface area contributed by atoms with Crippen molar-refractivity contribution in [2.45, 2.75) is 89.7 Å². The molecule has 1 aliphatic heterocycles. The van der Waals surface area contributed by atoms with E-state index >= 15 is 0 Å². The number of rotatable bonds is 9.